The Morgan fingerprint density at radius 1 is 1.25 bits per heavy atom. The maximum Gasteiger partial charge on any atom is 0.273 e. The normalized spacial score (nSPS) is 17.6. The van der Waals surface area contributed by atoms with Crippen LogP contribution >= 0.6 is 12.4 Å². The van der Waals surface area contributed by atoms with E-state index in [1.54, 1.807) is 0 Å². The highest BCUT2D eigenvalue weighted by Crippen LogP contribution is 2.27. The molecule has 2 rings (SSSR count). The second kappa shape index (κ2) is 8.24. The molecular weight excluding hydrogens is 354 g/mol. The van der Waals surface area contributed by atoms with Crippen LogP contribution in [0.2, 0.25) is 0 Å². The van der Waals surface area contributed by atoms with Crippen LogP contribution in [-0.4, -0.2) is 25.4 Å². The number of sulfonamides is 1. The predicted molar refractivity (Wildman–Crippen MR) is 94.9 cm³/mol. The molecule has 7 nitrogen and oxygen atoms in total. The predicted octanol–water partition coefficient (Wildman–Crippen LogP) is 2.66. The van der Waals surface area contributed by atoms with Gasteiger partial charge in [0.05, 0.1) is 9.82 Å². The molecule has 0 unspecified atom stereocenters. The molecule has 1 aromatic rings. The Labute approximate surface area is 148 Å². The zero-order valence-electron chi connectivity index (χ0n) is 13.7. The van der Waals surface area contributed by atoms with Crippen LogP contribution in [0.4, 0.5) is 5.69 Å². The molecule has 0 saturated heterocycles. The zero-order chi connectivity index (χ0) is 17.1. The second-order valence-corrected chi connectivity index (χ2v) is 7.99. The molecule has 1 fully saturated rings. The number of hydrogen-bond donors (Lipinski definition) is 2. The van der Waals surface area contributed by atoms with Crippen LogP contribution in [0.5, 0.6) is 0 Å². The van der Waals surface area contributed by atoms with Crippen molar-refractivity contribution >= 4 is 28.1 Å². The number of nitro groups is 1. The minimum atomic E-state index is -3.83. The van der Waals surface area contributed by atoms with Crippen molar-refractivity contribution < 1.29 is 13.3 Å². The molecule has 1 aromatic carbocycles. The van der Waals surface area contributed by atoms with Crippen LogP contribution in [0.15, 0.2) is 23.1 Å². The zero-order valence-corrected chi connectivity index (χ0v) is 15.3. The highest BCUT2D eigenvalue weighted by molar-refractivity contribution is 7.89. The number of nitrogens with two attached hydrogens (primary N) is 1. The molecule has 9 heteroatoms. The Morgan fingerprint density at radius 2 is 1.83 bits per heavy atom. The minimum Gasteiger partial charge on any atom is -0.324 e. The molecule has 0 atom stereocenters. The first kappa shape index (κ1) is 20.8. The van der Waals surface area contributed by atoms with Crippen molar-refractivity contribution in [2.45, 2.75) is 55.9 Å². The summed E-state index contributed by atoms with van der Waals surface area (Å²) in [6.07, 6.45) is 5.79. The quantitative estimate of drug-likeness (QED) is 0.465. The van der Waals surface area contributed by atoms with Gasteiger partial charge in [-0.2, -0.15) is 0 Å². The van der Waals surface area contributed by atoms with Crippen LogP contribution in [0.25, 0.3) is 0 Å². The van der Waals surface area contributed by atoms with E-state index >= 15 is 0 Å². The first-order chi connectivity index (χ1) is 10.8. The number of hydrogen-bond acceptors (Lipinski definition) is 5. The molecule has 0 heterocycles. The first-order valence-electron chi connectivity index (χ1n) is 7.78. The van der Waals surface area contributed by atoms with Gasteiger partial charge >= 0.3 is 0 Å². The highest BCUT2D eigenvalue weighted by Gasteiger charge is 2.29. The fourth-order valence-corrected chi connectivity index (χ4v) is 4.42. The molecule has 0 amide bonds. The third-order valence-electron chi connectivity index (χ3n) is 4.46. The summed E-state index contributed by atoms with van der Waals surface area (Å²) in [6.45, 7) is 1.59. The highest BCUT2D eigenvalue weighted by atomic mass is 35.5. The molecule has 1 aliphatic rings. The van der Waals surface area contributed by atoms with Crippen molar-refractivity contribution in [2.75, 3.05) is 6.54 Å². The van der Waals surface area contributed by atoms with Gasteiger partial charge in [-0.3, -0.25) is 10.1 Å². The van der Waals surface area contributed by atoms with Gasteiger partial charge in [-0.25, -0.2) is 13.1 Å². The number of halogens is 1. The Morgan fingerprint density at radius 3 is 2.38 bits per heavy atom. The van der Waals surface area contributed by atoms with Crippen molar-refractivity contribution in [3.63, 3.8) is 0 Å². The fraction of sp³-hybridized carbons (Fsp3) is 0.600. The third-order valence-corrected chi connectivity index (χ3v) is 6.00. The van der Waals surface area contributed by atoms with Gasteiger partial charge in [0.15, 0.2) is 0 Å². The average molecular weight is 378 g/mol. The van der Waals surface area contributed by atoms with Crippen molar-refractivity contribution in [1.82, 2.24) is 4.72 Å². The summed E-state index contributed by atoms with van der Waals surface area (Å²) in [7, 11) is -3.83. The average Bonchev–Trinajstić information content (AvgIpc) is 2.70. The van der Waals surface area contributed by atoms with E-state index in [9.17, 15) is 18.5 Å². The van der Waals surface area contributed by atoms with E-state index in [4.69, 9.17) is 5.73 Å². The lowest BCUT2D eigenvalue weighted by atomic mass is 9.92. The van der Waals surface area contributed by atoms with Crippen LogP contribution in [0, 0.1) is 17.0 Å². The van der Waals surface area contributed by atoms with Crippen LogP contribution in [-0.2, 0) is 10.0 Å². The van der Waals surface area contributed by atoms with Gasteiger partial charge in [0.2, 0.25) is 10.0 Å². The lowest BCUT2D eigenvalue weighted by molar-refractivity contribution is -0.385. The van der Waals surface area contributed by atoms with Gasteiger partial charge in [-0.05, 0) is 25.8 Å². The number of nitro benzene ring substituents is 1. The van der Waals surface area contributed by atoms with E-state index in [-0.39, 0.29) is 35.1 Å². The van der Waals surface area contributed by atoms with Gasteiger partial charge in [0, 0.05) is 23.7 Å². The summed E-state index contributed by atoms with van der Waals surface area (Å²) in [4.78, 5) is 10.3. The molecule has 0 radical (unpaired) electrons. The van der Waals surface area contributed by atoms with Crippen molar-refractivity contribution in [1.29, 1.82) is 0 Å². The molecule has 0 aliphatic heterocycles. The van der Waals surface area contributed by atoms with Gasteiger partial charge in [-0.15, -0.1) is 12.4 Å². The van der Waals surface area contributed by atoms with Gasteiger partial charge in [0.25, 0.3) is 5.69 Å². The maximum atomic E-state index is 12.5. The largest absolute Gasteiger partial charge is 0.324 e. The molecule has 136 valence electrons. The Kier molecular flexibility index (Phi) is 7.15. The van der Waals surface area contributed by atoms with E-state index in [0.29, 0.717) is 0 Å². The van der Waals surface area contributed by atoms with Gasteiger partial charge in [0.1, 0.15) is 0 Å². The molecule has 0 aromatic heterocycles. The molecule has 0 spiro atoms. The molecule has 3 N–H and O–H groups in total. The van der Waals surface area contributed by atoms with Crippen molar-refractivity contribution in [3.05, 3.63) is 33.9 Å². The summed E-state index contributed by atoms with van der Waals surface area (Å²) in [6, 6.07) is 4.05. The summed E-state index contributed by atoms with van der Waals surface area (Å²) in [5.41, 5.74) is 5.71. The molecule has 1 saturated carbocycles. The van der Waals surface area contributed by atoms with Crippen LogP contribution in [0.1, 0.15) is 44.1 Å². The third kappa shape index (κ3) is 4.89. The summed E-state index contributed by atoms with van der Waals surface area (Å²) in [5.74, 6) is 0. The lowest BCUT2D eigenvalue weighted by Gasteiger charge is -2.28. The standard InChI is InChI=1S/C15H23N3O4S.ClH/c1-12-13(18(19)20)7-6-8-14(12)23(21,22)17-11-15(16)9-4-2-3-5-10-15;/h6-8,17H,2-5,9-11,16H2,1H3;1H. The molecule has 1 aliphatic carbocycles. The van der Waals surface area contributed by atoms with Gasteiger partial charge in [-0.1, -0.05) is 31.7 Å². The fourth-order valence-electron chi connectivity index (χ4n) is 3.02. The van der Waals surface area contributed by atoms with Crippen molar-refractivity contribution in [3.8, 4) is 0 Å². The van der Waals surface area contributed by atoms with Crippen molar-refractivity contribution in [2.24, 2.45) is 5.73 Å². The maximum absolute atomic E-state index is 12.5. The Hall–Kier alpha value is -1.22. The SMILES string of the molecule is Cc1c([N+](=O)[O-])cccc1S(=O)(=O)NCC1(N)CCCCCC1.Cl. The molecule has 0 bridgehead atoms. The number of benzene rings is 1. The van der Waals surface area contributed by atoms with E-state index in [0.717, 1.165) is 38.5 Å². The summed E-state index contributed by atoms with van der Waals surface area (Å²) in [5, 5.41) is 11.0. The lowest BCUT2D eigenvalue weighted by Crippen LogP contribution is -2.49. The van der Waals surface area contributed by atoms with E-state index in [1.807, 2.05) is 0 Å². The number of nitrogens with one attached hydrogen (secondary N) is 1. The first-order valence-corrected chi connectivity index (χ1v) is 9.26. The summed E-state index contributed by atoms with van der Waals surface area (Å²) >= 11 is 0. The smallest absolute Gasteiger partial charge is 0.273 e. The van der Waals surface area contributed by atoms with E-state index < -0.39 is 20.5 Å². The van der Waals surface area contributed by atoms with E-state index in [2.05, 4.69) is 4.72 Å². The minimum absolute atomic E-state index is 0. The Balaban J connectivity index is 0.00000288. The Bertz CT molecular complexity index is 686. The number of rotatable bonds is 5. The molecule has 24 heavy (non-hydrogen) atoms. The number of nitrogens with zero attached hydrogens (tertiary/aromatic N) is 1. The van der Waals surface area contributed by atoms with Gasteiger partial charge < -0.3 is 5.73 Å². The monoisotopic (exact) mass is 377 g/mol. The topological polar surface area (TPSA) is 115 Å². The van der Waals surface area contributed by atoms with Crippen LogP contribution in [0.3, 0.4) is 0 Å². The van der Waals surface area contributed by atoms with E-state index in [1.165, 1.54) is 25.1 Å². The summed E-state index contributed by atoms with van der Waals surface area (Å²) < 4.78 is 27.6. The van der Waals surface area contributed by atoms with Crippen LogP contribution < -0.4 is 10.5 Å². The second-order valence-electron chi connectivity index (χ2n) is 6.26. The molecular formula is C15H24ClN3O4S.